The Balaban J connectivity index is 1.62. The molecule has 1 N–H and O–H groups in total. The molecule has 0 bridgehead atoms. The van der Waals surface area contributed by atoms with E-state index in [0.29, 0.717) is 19.5 Å². The summed E-state index contributed by atoms with van der Waals surface area (Å²) in [5.74, 6) is 1.03. The van der Waals surface area contributed by atoms with Crippen molar-refractivity contribution in [3.63, 3.8) is 0 Å². The highest BCUT2D eigenvalue weighted by atomic mass is 16.2. The number of amides is 1. The predicted octanol–water partition coefficient (Wildman–Crippen LogP) is 6.45. The van der Waals surface area contributed by atoms with Gasteiger partial charge in [0, 0.05) is 30.9 Å². The lowest BCUT2D eigenvalue weighted by Gasteiger charge is -2.23. The Bertz CT molecular complexity index is 1250. The molecule has 0 atom stereocenters. The number of aromatic nitrogens is 2. The number of hydrogen-bond donors (Lipinski definition) is 1. The molecule has 4 rings (SSSR count). The van der Waals surface area contributed by atoms with Crippen molar-refractivity contribution >= 4 is 22.6 Å². The average Bonchev–Trinajstić information content (AvgIpc) is 2.84. The van der Waals surface area contributed by atoms with Gasteiger partial charge in [0.25, 0.3) is 0 Å². The first-order chi connectivity index (χ1) is 16.5. The van der Waals surface area contributed by atoms with Crippen LogP contribution in [0.3, 0.4) is 0 Å². The van der Waals surface area contributed by atoms with Gasteiger partial charge in [-0.2, -0.15) is 0 Å². The number of nitrogens with zero attached hydrogens (tertiary/aromatic N) is 3. The van der Waals surface area contributed by atoms with Crippen LogP contribution in [0.15, 0.2) is 79.1 Å². The number of fused-ring (bicyclic) bond motifs is 1. The predicted molar refractivity (Wildman–Crippen MR) is 139 cm³/mol. The van der Waals surface area contributed by atoms with Crippen LogP contribution in [-0.4, -0.2) is 26.8 Å². The minimum atomic E-state index is 0.184. The van der Waals surface area contributed by atoms with E-state index in [1.165, 1.54) is 0 Å². The van der Waals surface area contributed by atoms with Crippen LogP contribution >= 0.6 is 0 Å². The van der Waals surface area contributed by atoms with E-state index in [2.05, 4.69) is 77.7 Å². The lowest BCUT2D eigenvalue weighted by atomic mass is 10.0. The lowest BCUT2D eigenvalue weighted by molar-refractivity contribution is -0.132. The fraction of sp³-hybridized carbons (Fsp3) is 0.276. The molecular weight excluding hydrogens is 420 g/mol. The van der Waals surface area contributed by atoms with E-state index >= 15 is 0 Å². The molecule has 0 radical (unpaired) electrons. The van der Waals surface area contributed by atoms with Gasteiger partial charge in [0.15, 0.2) is 0 Å². The lowest BCUT2D eigenvalue weighted by Crippen LogP contribution is -2.29. The summed E-state index contributed by atoms with van der Waals surface area (Å²) in [4.78, 5) is 23.7. The second kappa shape index (κ2) is 10.9. The molecule has 0 fully saturated rings. The van der Waals surface area contributed by atoms with Gasteiger partial charge in [-0.15, -0.1) is 0 Å². The second-order valence-electron chi connectivity index (χ2n) is 8.94. The molecule has 0 aliphatic carbocycles. The molecule has 0 aliphatic rings. The van der Waals surface area contributed by atoms with Crippen LogP contribution in [0.5, 0.6) is 0 Å². The smallest absolute Gasteiger partial charge is 0.223 e. The quantitative estimate of drug-likeness (QED) is 0.317. The Kier molecular flexibility index (Phi) is 7.53. The minimum Gasteiger partial charge on any atom is -0.367 e. The number of hydrogen-bond acceptors (Lipinski definition) is 4. The van der Waals surface area contributed by atoms with Gasteiger partial charge in [-0.25, -0.2) is 9.97 Å². The van der Waals surface area contributed by atoms with E-state index < -0.39 is 0 Å². The SMILES string of the molecule is CCCC(=O)N(Cc1ccccc1)Cc1cccc(-c2ccc3ncnc(NC(C)C)c3c2)c1. The summed E-state index contributed by atoms with van der Waals surface area (Å²) in [6, 6.07) is 25.2. The molecule has 0 saturated carbocycles. The van der Waals surface area contributed by atoms with E-state index in [1.807, 2.05) is 36.1 Å². The summed E-state index contributed by atoms with van der Waals surface area (Å²) in [6.45, 7) is 7.44. The zero-order valence-corrected chi connectivity index (χ0v) is 20.2. The van der Waals surface area contributed by atoms with E-state index in [-0.39, 0.29) is 11.9 Å². The highest BCUT2D eigenvalue weighted by Crippen LogP contribution is 2.28. The highest BCUT2D eigenvalue weighted by molar-refractivity contribution is 5.92. The normalized spacial score (nSPS) is 11.1. The molecule has 5 nitrogen and oxygen atoms in total. The molecule has 34 heavy (non-hydrogen) atoms. The Morgan fingerprint density at radius 3 is 2.38 bits per heavy atom. The molecule has 1 amide bonds. The number of anilines is 1. The zero-order valence-electron chi connectivity index (χ0n) is 20.2. The van der Waals surface area contributed by atoms with Gasteiger partial charge in [0.2, 0.25) is 5.91 Å². The van der Waals surface area contributed by atoms with E-state index in [1.54, 1.807) is 6.33 Å². The van der Waals surface area contributed by atoms with Gasteiger partial charge >= 0.3 is 0 Å². The van der Waals surface area contributed by atoms with Gasteiger partial charge in [-0.05, 0) is 60.7 Å². The van der Waals surface area contributed by atoms with Gasteiger partial charge in [-0.3, -0.25) is 4.79 Å². The topological polar surface area (TPSA) is 58.1 Å². The minimum absolute atomic E-state index is 0.184. The summed E-state index contributed by atoms with van der Waals surface area (Å²) in [7, 11) is 0. The number of carbonyl (C=O) groups is 1. The fourth-order valence-electron chi connectivity index (χ4n) is 4.10. The van der Waals surface area contributed by atoms with Crippen molar-refractivity contribution in [2.45, 2.75) is 52.7 Å². The Labute approximate surface area is 201 Å². The van der Waals surface area contributed by atoms with Crippen LogP contribution in [0, 0.1) is 0 Å². The Morgan fingerprint density at radius 2 is 1.62 bits per heavy atom. The first kappa shape index (κ1) is 23.4. The number of benzene rings is 3. The highest BCUT2D eigenvalue weighted by Gasteiger charge is 2.15. The molecule has 5 heteroatoms. The third-order valence-electron chi connectivity index (χ3n) is 5.73. The molecule has 0 spiro atoms. The van der Waals surface area contributed by atoms with Crippen molar-refractivity contribution < 1.29 is 4.79 Å². The molecule has 0 unspecified atom stereocenters. The molecule has 0 saturated heterocycles. The van der Waals surface area contributed by atoms with Crippen molar-refractivity contribution in [3.8, 4) is 11.1 Å². The maximum absolute atomic E-state index is 12.9. The molecule has 174 valence electrons. The van der Waals surface area contributed by atoms with Crippen molar-refractivity contribution in [2.75, 3.05) is 5.32 Å². The molecule has 0 aliphatic heterocycles. The average molecular weight is 453 g/mol. The summed E-state index contributed by atoms with van der Waals surface area (Å²) in [5, 5.41) is 4.42. The number of rotatable bonds is 9. The maximum atomic E-state index is 12.9. The standard InChI is InChI=1S/C29H32N4O/c1-4-9-28(34)33(18-22-10-6-5-7-11-22)19-23-12-8-13-24(16-23)25-14-15-27-26(17-25)29(31-20-30-27)32-21(2)3/h5-8,10-17,20-21H,4,9,18-19H2,1-3H3,(H,30,31,32). The van der Waals surface area contributed by atoms with Gasteiger partial charge in [0.1, 0.15) is 12.1 Å². The molecule has 3 aromatic carbocycles. The molecule has 1 aromatic heterocycles. The largest absolute Gasteiger partial charge is 0.367 e. The van der Waals surface area contributed by atoms with Gasteiger partial charge in [0.05, 0.1) is 5.52 Å². The van der Waals surface area contributed by atoms with E-state index in [9.17, 15) is 4.79 Å². The summed E-state index contributed by atoms with van der Waals surface area (Å²) >= 11 is 0. The van der Waals surface area contributed by atoms with Crippen LogP contribution in [0.25, 0.3) is 22.0 Å². The summed E-state index contributed by atoms with van der Waals surface area (Å²) < 4.78 is 0. The van der Waals surface area contributed by atoms with Gasteiger partial charge in [-0.1, -0.05) is 61.5 Å². The molecular formula is C29H32N4O. The second-order valence-corrected chi connectivity index (χ2v) is 8.94. The van der Waals surface area contributed by atoms with E-state index in [0.717, 1.165) is 45.4 Å². The number of carbonyl (C=O) groups excluding carboxylic acids is 1. The molecule has 4 aromatic rings. The van der Waals surface area contributed by atoms with E-state index in [4.69, 9.17) is 0 Å². The van der Waals surface area contributed by atoms with Crippen LogP contribution < -0.4 is 5.32 Å². The molecule has 1 heterocycles. The number of nitrogens with one attached hydrogen (secondary N) is 1. The van der Waals surface area contributed by atoms with Crippen molar-refractivity contribution in [3.05, 3.63) is 90.3 Å². The first-order valence-electron chi connectivity index (χ1n) is 12.0. The zero-order chi connectivity index (χ0) is 23.9. The van der Waals surface area contributed by atoms with Crippen LogP contribution in [0.1, 0.15) is 44.7 Å². The van der Waals surface area contributed by atoms with Crippen LogP contribution in [0.2, 0.25) is 0 Å². The Hall–Kier alpha value is -3.73. The third-order valence-corrected chi connectivity index (χ3v) is 5.73. The van der Waals surface area contributed by atoms with Crippen molar-refractivity contribution in [2.24, 2.45) is 0 Å². The summed E-state index contributed by atoms with van der Waals surface area (Å²) in [6.07, 6.45) is 3.00. The summed E-state index contributed by atoms with van der Waals surface area (Å²) in [5.41, 5.74) is 5.38. The fourth-order valence-corrected chi connectivity index (χ4v) is 4.10. The monoisotopic (exact) mass is 452 g/mol. The third kappa shape index (κ3) is 5.79. The van der Waals surface area contributed by atoms with Crippen LogP contribution in [0.4, 0.5) is 5.82 Å². The van der Waals surface area contributed by atoms with Crippen molar-refractivity contribution in [1.82, 2.24) is 14.9 Å². The van der Waals surface area contributed by atoms with Crippen molar-refractivity contribution in [1.29, 1.82) is 0 Å². The maximum Gasteiger partial charge on any atom is 0.223 e. The van der Waals surface area contributed by atoms with Gasteiger partial charge < -0.3 is 10.2 Å². The first-order valence-corrected chi connectivity index (χ1v) is 12.0. The Morgan fingerprint density at radius 1 is 0.882 bits per heavy atom. The van der Waals surface area contributed by atoms with Crippen LogP contribution in [-0.2, 0) is 17.9 Å².